The molecular formula is C29H25F6NO2. The number of alkyl halides is 5. The summed E-state index contributed by atoms with van der Waals surface area (Å²) in [6.45, 7) is 0.116. The Hall–Kier alpha value is -3.33. The first-order valence-electron chi connectivity index (χ1n) is 12.3. The minimum atomic E-state index is -4.53. The van der Waals surface area contributed by atoms with Gasteiger partial charge in [0.15, 0.2) is 0 Å². The highest BCUT2D eigenvalue weighted by Gasteiger charge is 2.52. The number of benzene rings is 3. The van der Waals surface area contributed by atoms with Gasteiger partial charge in [0.25, 0.3) is 5.92 Å². The number of carboxylic acid groups (broad SMARTS) is 1. The molecule has 1 unspecified atom stereocenters. The van der Waals surface area contributed by atoms with Crippen molar-refractivity contribution in [1.29, 1.82) is 0 Å². The normalized spacial score (nSPS) is 19.6. The summed E-state index contributed by atoms with van der Waals surface area (Å²) in [6, 6.07) is 14.8. The molecule has 3 aromatic carbocycles. The average molecular weight is 534 g/mol. The third kappa shape index (κ3) is 5.04. The Kier molecular flexibility index (Phi) is 6.54. The van der Waals surface area contributed by atoms with E-state index in [2.05, 4.69) is 0 Å². The Morgan fingerprint density at radius 1 is 0.868 bits per heavy atom. The van der Waals surface area contributed by atoms with E-state index in [4.69, 9.17) is 0 Å². The lowest BCUT2D eigenvalue weighted by atomic mass is 9.84. The average Bonchev–Trinajstić information content (AvgIpc) is 3.68. The van der Waals surface area contributed by atoms with E-state index >= 15 is 0 Å². The van der Waals surface area contributed by atoms with Crippen LogP contribution in [-0.4, -0.2) is 35.0 Å². The molecule has 0 radical (unpaired) electrons. The molecule has 1 aliphatic heterocycles. The van der Waals surface area contributed by atoms with Crippen molar-refractivity contribution in [2.45, 2.75) is 49.2 Å². The van der Waals surface area contributed by atoms with Crippen LogP contribution in [0.5, 0.6) is 0 Å². The standard InChI is InChI=1S/C29H25F6NO2/c30-22-8-3-19(4-9-22)25(36-15-13-28(31,32)14-16-36)23-10-7-21(27(11-12-27)26(37)38)17-24(23)18-1-5-20(6-2-18)29(33,34)35/h1-10,17,25H,11-16H2,(H,37,38). The number of aliphatic carboxylic acids is 1. The van der Waals surface area contributed by atoms with Gasteiger partial charge in [0, 0.05) is 25.9 Å². The summed E-state index contributed by atoms with van der Waals surface area (Å²) >= 11 is 0. The van der Waals surface area contributed by atoms with Crippen LogP contribution >= 0.6 is 0 Å². The fourth-order valence-corrected chi connectivity index (χ4v) is 5.27. The molecule has 1 saturated carbocycles. The maximum atomic E-state index is 14.0. The zero-order valence-electron chi connectivity index (χ0n) is 20.2. The second kappa shape index (κ2) is 9.45. The van der Waals surface area contributed by atoms with Gasteiger partial charge >= 0.3 is 12.1 Å². The molecule has 1 saturated heterocycles. The van der Waals surface area contributed by atoms with Gasteiger partial charge in [-0.1, -0.05) is 36.4 Å². The number of piperidine rings is 1. The van der Waals surface area contributed by atoms with Crippen LogP contribution in [0.1, 0.15) is 54.0 Å². The lowest BCUT2D eigenvalue weighted by Crippen LogP contribution is -2.41. The molecule has 3 nitrogen and oxygen atoms in total. The van der Waals surface area contributed by atoms with E-state index in [1.54, 1.807) is 30.3 Å². The van der Waals surface area contributed by atoms with Crippen molar-refractivity contribution < 1.29 is 36.2 Å². The summed E-state index contributed by atoms with van der Waals surface area (Å²) in [7, 11) is 0. The van der Waals surface area contributed by atoms with Crippen LogP contribution < -0.4 is 0 Å². The highest BCUT2D eigenvalue weighted by atomic mass is 19.4. The molecular weight excluding hydrogens is 508 g/mol. The first kappa shape index (κ1) is 26.3. The first-order chi connectivity index (χ1) is 17.9. The van der Waals surface area contributed by atoms with Crippen LogP contribution in [0.25, 0.3) is 11.1 Å². The predicted molar refractivity (Wildman–Crippen MR) is 129 cm³/mol. The zero-order valence-corrected chi connectivity index (χ0v) is 20.2. The molecule has 5 rings (SSSR count). The van der Waals surface area contributed by atoms with Gasteiger partial charge in [-0.3, -0.25) is 9.69 Å². The number of hydrogen-bond donors (Lipinski definition) is 1. The molecule has 1 N–H and O–H groups in total. The van der Waals surface area contributed by atoms with Crippen LogP contribution in [0, 0.1) is 5.82 Å². The SMILES string of the molecule is O=C(O)C1(c2ccc(C(c3ccc(F)cc3)N3CCC(F)(F)CC3)c(-c3ccc(C(F)(F)F)cc3)c2)CC1. The topological polar surface area (TPSA) is 40.5 Å². The molecule has 200 valence electrons. The van der Waals surface area contributed by atoms with Crippen molar-refractivity contribution in [3.63, 3.8) is 0 Å². The van der Waals surface area contributed by atoms with Crippen molar-refractivity contribution in [3.8, 4) is 11.1 Å². The van der Waals surface area contributed by atoms with Crippen molar-refractivity contribution in [3.05, 3.63) is 94.8 Å². The van der Waals surface area contributed by atoms with Gasteiger partial charge in [-0.25, -0.2) is 13.2 Å². The van der Waals surface area contributed by atoms with Gasteiger partial charge in [0.05, 0.1) is 17.0 Å². The highest BCUT2D eigenvalue weighted by Crippen LogP contribution is 2.50. The zero-order chi connectivity index (χ0) is 27.3. The number of likely N-dealkylation sites (tertiary alicyclic amines) is 1. The molecule has 0 aromatic heterocycles. The lowest BCUT2D eigenvalue weighted by Gasteiger charge is -2.39. The Morgan fingerprint density at radius 2 is 1.47 bits per heavy atom. The van der Waals surface area contributed by atoms with Crippen LogP contribution in [-0.2, 0) is 16.4 Å². The lowest BCUT2D eigenvalue weighted by molar-refractivity contribution is -0.140. The van der Waals surface area contributed by atoms with Crippen LogP contribution in [0.15, 0.2) is 66.7 Å². The van der Waals surface area contributed by atoms with E-state index in [9.17, 15) is 36.2 Å². The minimum Gasteiger partial charge on any atom is -0.481 e. The first-order valence-corrected chi connectivity index (χ1v) is 12.3. The molecule has 3 aromatic rings. The van der Waals surface area contributed by atoms with E-state index in [0.29, 0.717) is 40.7 Å². The van der Waals surface area contributed by atoms with Crippen LogP contribution in [0.3, 0.4) is 0 Å². The second-order valence-corrected chi connectivity index (χ2v) is 10.1. The fraction of sp³-hybridized carbons (Fsp3) is 0.345. The van der Waals surface area contributed by atoms with Gasteiger partial charge in [-0.05, 0) is 71.0 Å². The molecule has 1 aliphatic carbocycles. The molecule has 38 heavy (non-hydrogen) atoms. The summed E-state index contributed by atoms with van der Waals surface area (Å²) < 4.78 is 81.6. The Morgan fingerprint density at radius 3 is 2.00 bits per heavy atom. The molecule has 2 fully saturated rings. The molecule has 0 bridgehead atoms. The predicted octanol–water partition coefficient (Wildman–Crippen LogP) is 7.45. The number of hydrogen-bond acceptors (Lipinski definition) is 2. The number of carboxylic acids is 1. The van der Waals surface area contributed by atoms with Crippen LogP contribution in [0.2, 0.25) is 0 Å². The second-order valence-electron chi connectivity index (χ2n) is 10.1. The maximum Gasteiger partial charge on any atom is 0.416 e. The molecule has 0 amide bonds. The smallest absolute Gasteiger partial charge is 0.416 e. The number of rotatable bonds is 6. The number of nitrogens with zero attached hydrogens (tertiary/aromatic N) is 1. The maximum absolute atomic E-state index is 14.0. The van der Waals surface area contributed by atoms with Gasteiger partial charge in [0.1, 0.15) is 5.82 Å². The molecule has 0 spiro atoms. The highest BCUT2D eigenvalue weighted by molar-refractivity contribution is 5.86. The van der Waals surface area contributed by atoms with Crippen molar-refractivity contribution >= 4 is 5.97 Å². The van der Waals surface area contributed by atoms with Gasteiger partial charge < -0.3 is 5.11 Å². The molecule has 1 heterocycles. The minimum absolute atomic E-state index is 0.0578. The summed E-state index contributed by atoms with van der Waals surface area (Å²) in [5.74, 6) is -4.24. The molecule has 9 heteroatoms. The fourth-order valence-electron chi connectivity index (χ4n) is 5.27. The molecule has 1 atom stereocenters. The Balaban J connectivity index is 1.66. The summed E-state index contributed by atoms with van der Waals surface area (Å²) in [5, 5.41) is 9.84. The van der Waals surface area contributed by atoms with Crippen LogP contribution in [0.4, 0.5) is 26.3 Å². The summed E-state index contributed by atoms with van der Waals surface area (Å²) in [4.78, 5) is 13.9. The number of carbonyl (C=O) groups is 1. The Bertz CT molecular complexity index is 1320. The largest absolute Gasteiger partial charge is 0.481 e. The Labute approximate surface area is 215 Å². The van der Waals surface area contributed by atoms with Gasteiger partial charge in [-0.15, -0.1) is 0 Å². The van der Waals surface area contributed by atoms with Crippen molar-refractivity contribution in [2.75, 3.05) is 13.1 Å². The summed E-state index contributed by atoms with van der Waals surface area (Å²) in [5.41, 5.74) is 0.852. The number of halogens is 6. The monoisotopic (exact) mass is 533 g/mol. The van der Waals surface area contributed by atoms with Crippen molar-refractivity contribution in [1.82, 2.24) is 4.90 Å². The third-order valence-corrected chi connectivity index (χ3v) is 7.66. The van der Waals surface area contributed by atoms with E-state index in [-0.39, 0.29) is 25.9 Å². The third-order valence-electron chi connectivity index (χ3n) is 7.66. The summed E-state index contributed by atoms with van der Waals surface area (Å²) in [6.07, 6.45) is -4.37. The molecule has 2 aliphatic rings. The van der Waals surface area contributed by atoms with E-state index < -0.39 is 40.9 Å². The quantitative estimate of drug-likeness (QED) is 0.335. The van der Waals surface area contributed by atoms with Gasteiger partial charge in [-0.2, -0.15) is 13.2 Å². The van der Waals surface area contributed by atoms with E-state index in [0.717, 1.165) is 12.1 Å². The van der Waals surface area contributed by atoms with E-state index in [1.165, 1.54) is 24.3 Å². The van der Waals surface area contributed by atoms with Crippen molar-refractivity contribution in [2.24, 2.45) is 0 Å². The van der Waals surface area contributed by atoms with Gasteiger partial charge in [0.2, 0.25) is 0 Å². The van der Waals surface area contributed by atoms with E-state index in [1.807, 2.05) is 4.90 Å².